The van der Waals surface area contributed by atoms with Crippen LogP contribution >= 0.6 is 22.7 Å². The number of benzene rings is 2. The molecule has 0 aliphatic heterocycles. The molecule has 1 atom stereocenters. The lowest BCUT2D eigenvalue weighted by atomic mass is 10.1. The number of hydrogen-bond acceptors (Lipinski definition) is 6. The molecule has 6 nitrogen and oxygen atoms in total. The molecule has 190 valence electrons. The quantitative estimate of drug-likeness (QED) is 0.221. The van der Waals surface area contributed by atoms with Gasteiger partial charge in [0.25, 0.3) is 0 Å². The highest BCUT2D eigenvalue weighted by Crippen LogP contribution is 2.52. The molecule has 1 unspecified atom stereocenters. The van der Waals surface area contributed by atoms with Crippen molar-refractivity contribution in [1.29, 1.82) is 0 Å². The van der Waals surface area contributed by atoms with Crippen LogP contribution in [0.25, 0.3) is 20.4 Å². The van der Waals surface area contributed by atoms with Crippen LogP contribution < -0.4 is 5.32 Å². The van der Waals surface area contributed by atoms with Crippen LogP contribution in [0.5, 0.6) is 0 Å². The fourth-order valence-corrected chi connectivity index (χ4v) is 7.09. The minimum atomic E-state index is -0.747. The summed E-state index contributed by atoms with van der Waals surface area (Å²) >= 11 is 3.04. The Morgan fingerprint density at radius 3 is 2.53 bits per heavy atom. The summed E-state index contributed by atoms with van der Waals surface area (Å²) in [7, 11) is 0. The maximum Gasteiger partial charge on any atom is 0.412 e. The second kappa shape index (κ2) is 9.35. The number of para-hydroxylation sites is 1. The highest BCUT2D eigenvalue weighted by Gasteiger charge is 2.53. The lowest BCUT2D eigenvalue weighted by Gasteiger charge is -2.16. The minimum Gasteiger partial charge on any atom is -0.481 e. The van der Waals surface area contributed by atoms with Gasteiger partial charge in [0.05, 0.1) is 4.88 Å². The van der Waals surface area contributed by atoms with Gasteiger partial charge >= 0.3 is 12.1 Å². The van der Waals surface area contributed by atoms with Crippen LogP contribution in [-0.4, -0.2) is 17.2 Å². The zero-order chi connectivity index (χ0) is 26.4. The molecular weight excluding hydrogens is 518 g/mol. The predicted octanol–water partition coefficient (Wildman–Crippen LogP) is 7.84. The monoisotopic (exact) mass is 541 g/mol. The van der Waals surface area contributed by atoms with E-state index < -0.39 is 23.6 Å². The van der Waals surface area contributed by atoms with Crippen LogP contribution in [0.15, 0.2) is 65.1 Å². The van der Waals surface area contributed by atoms with Gasteiger partial charge in [-0.3, -0.25) is 10.1 Å². The van der Waals surface area contributed by atoms with Crippen molar-refractivity contribution >= 4 is 60.8 Å². The summed E-state index contributed by atoms with van der Waals surface area (Å²) in [5, 5.41) is 13.2. The Kier molecular flexibility index (Phi) is 5.98. The Morgan fingerprint density at radius 2 is 1.79 bits per heavy atom. The molecule has 8 heteroatoms. The van der Waals surface area contributed by atoms with Gasteiger partial charge < -0.3 is 14.3 Å². The number of fused-ring (bicyclic) bond motifs is 2. The number of ether oxygens (including phenoxy) is 1. The van der Waals surface area contributed by atoms with Gasteiger partial charge in [-0.15, -0.1) is 22.7 Å². The third-order valence-electron chi connectivity index (χ3n) is 6.87. The van der Waals surface area contributed by atoms with Gasteiger partial charge in [-0.25, -0.2) is 4.79 Å². The zero-order valence-corrected chi connectivity index (χ0v) is 22.3. The number of anilines is 1. The molecule has 5 aromatic rings. The SMILES string of the molecule is Cc1ccccc1C(C)OC(=O)Nc1c(C#Cc2cc3sc(C4(C(=O)O)CC4)cc3s2)oc2ccccc12. The molecule has 1 fully saturated rings. The van der Waals surface area contributed by atoms with E-state index in [9.17, 15) is 14.7 Å². The van der Waals surface area contributed by atoms with E-state index >= 15 is 0 Å². The Hall–Kier alpha value is -4.06. The van der Waals surface area contributed by atoms with E-state index in [1.807, 2.05) is 74.5 Å². The number of thiophene rings is 2. The van der Waals surface area contributed by atoms with Crippen molar-refractivity contribution in [3.8, 4) is 11.8 Å². The molecule has 0 spiro atoms. The van der Waals surface area contributed by atoms with Gasteiger partial charge in [0.1, 0.15) is 22.8 Å². The van der Waals surface area contributed by atoms with Gasteiger partial charge in [-0.05, 0) is 73.9 Å². The summed E-state index contributed by atoms with van der Waals surface area (Å²) in [6.07, 6.45) is 0.365. The molecule has 1 amide bonds. The van der Waals surface area contributed by atoms with E-state index in [0.717, 1.165) is 35.7 Å². The second-order valence-electron chi connectivity index (χ2n) is 9.42. The van der Waals surface area contributed by atoms with Crippen molar-refractivity contribution in [3.05, 3.63) is 87.3 Å². The van der Waals surface area contributed by atoms with Crippen molar-refractivity contribution < 1.29 is 23.8 Å². The van der Waals surface area contributed by atoms with Gasteiger partial charge in [-0.1, -0.05) is 36.4 Å². The third-order valence-corrected chi connectivity index (χ3v) is 9.28. The largest absolute Gasteiger partial charge is 0.481 e. The maximum atomic E-state index is 12.9. The average Bonchev–Trinajstić information content (AvgIpc) is 3.32. The van der Waals surface area contributed by atoms with Gasteiger partial charge in [0.2, 0.25) is 5.76 Å². The summed E-state index contributed by atoms with van der Waals surface area (Å²) in [5.41, 5.74) is 2.37. The van der Waals surface area contributed by atoms with Crippen LogP contribution in [-0.2, 0) is 14.9 Å². The van der Waals surface area contributed by atoms with E-state index in [0.29, 0.717) is 29.9 Å². The van der Waals surface area contributed by atoms with Gasteiger partial charge in [0, 0.05) is 19.7 Å². The number of carboxylic acid groups (broad SMARTS) is 1. The van der Waals surface area contributed by atoms with Crippen molar-refractivity contribution in [1.82, 2.24) is 0 Å². The molecular formula is C30H23NO5S2. The molecule has 3 heterocycles. The molecule has 38 heavy (non-hydrogen) atoms. The molecule has 0 radical (unpaired) electrons. The lowest BCUT2D eigenvalue weighted by molar-refractivity contribution is -0.139. The van der Waals surface area contributed by atoms with Crippen molar-refractivity contribution in [3.63, 3.8) is 0 Å². The van der Waals surface area contributed by atoms with E-state index in [2.05, 4.69) is 17.2 Å². The van der Waals surface area contributed by atoms with Crippen molar-refractivity contribution in [2.24, 2.45) is 0 Å². The summed E-state index contributed by atoms with van der Waals surface area (Å²) < 4.78 is 13.7. The maximum absolute atomic E-state index is 12.9. The molecule has 2 aromatic carbocycles. The second-order valence-corrected chi connectivity index (χ2v) is 11.6. The summed E-state index contributed by atoms with van der Waals surface area (Å²) in [6.45, 7) is 3.82. The number of amides is 1. The number of carbonyl (C=O) groups excluding carboxylic acids is 1. The van der Waals surface area contributed by atoms with E-state index in [-0.39, 0.29) is 0 Å². The minimum absolute atomic E-state index is 0.340. The number of carbonyl (C=O) groups is 2. The first-order valence-electron chi connectivity index (χ1n) is 12.2. The highest BCUT2D eigenvalue weighted by molar-refractivity contribution is 7.28. The summed E-state index contributed by atoms with van der Waals surface area (Å²) in [6, 6.07) is 19.2. The van der Waals surface area contributed by atoms with Crippen molar-refractivity contribution in [2.75, 3.05) is 5.32 Å². The van der Waals surface area contributed by atoms with E-state index in [1.54, 1.807) is 0 Å². The number of nitrogens with one attached hydrogen (secondary N) is 1. The smallest absolute Gasteiger partial charge is 0.412 e. The number of furan rings is 1. The van der Waals surface area contributed by atoms with Crippen molar-refractivity contribution in [2.45, 2.75) is 38.2 Å². The fraction of sp³-hybridized carbons (Fsp3) is 0.200. The van der Waals surface area contributed by atoms with Gasteiger partial charge in [0.15, 0.2) is 0 Å². The van der Waals surface area contributed by atoms with E-state index in [4.69, 9.17) is 9.15 Å². The number of rotatable bonds is 5. The number of hydrogen-bond donors (Lipinski definition) is 2. The summed E-state index contributed by atoms with van der Waals surface area (Å²) in [4.78, 5) is 26.3. The summed E-state index contributed by atoms with van der Waals surface area (Å²) in [5.74, 6) is 5.83. The molecule has 3 aromatic heterocycles. The molecule has 6 rings (SSSR count). The molecule has 2 N–H and O–H groups in total. The average molecular weight is 542 g/mol. The number of aliphatic carboxylic acids is 1. The highest BCUT2D eigenvalue weighted by atomic mass is 32.1. The first-order chi connectivity index (χ1) is 18.3. The lowest BCUT2D eigenvalue weighted by Crippen LogP contribution is -2.17. The molecule has 0 saturated heterocycles. The van der Waals surface area contributed by atoms with Crippen LogP contribution in [0.4, 0.5) is 10.5 Å². The zero-order valence-electron chi connectivity index (χ0n) is 20.7. The van der Waals surface area contributed by atoms with Crippen LogP contribution in [0.2, 0.25) is 0 Å². The molecule has 1 saturated carbocycles. The Bertz CT molecular complexity index is 1740. The molecule has 1 aliphatic carbocycles. The fourth-order valence-electron chi connectivity index (χ4n) is 4.60. The topological polar surface area (TPSA) is 88.8 Å². The predicted molar refractivity (Wildman–Crippen MR) is 150 cm³/mol. The molecule has 0 bridgehead atoms. The molecule has 1 aliphatic rings. The standard InChI is InChI=1S/C30H23NO5S2/c1-17-7-3-4-8-20(17)18(2)35-29(34)31-27-21-9-5-6-10-22(21)36-23(27)12-11-19-15-24-25(37-19)16-26(38-24)30(13-14-30)28(32)33/h3-10,15-16,18H,13-14H2,1-2H3,(H,31,34)(H,32,33). The number of aryl methyl sites for hydroxylation is 1. The van der Waals surface area contributed by atoms with Gasteiger partial charge in [-0.2, -0.15) is 0 Å². The number of carboxylic acids is 1. The van der Waals surface area contributed by atoms with Crippen LogP contribution in [0, 0.1) is 18.8 Å². The Balaban J connectivity index is 1.26. The van der Waals surface area contributed by atoms with Crippen LogP contribution in [0.1, 0.15) is 52.5 Å². The normalized spacial score (nSPS) is 14.6. The first-order valence-corrected chi connectivity index (χ1v) is 13.8. The third kappa shape index (κ3) is 4.34. The Labute approximate surface area is 226 Å². The van der Waals surface area contributed by atoms with Crippen LogP contribution in [0.3, 0.4) is 0 Å². The van der Waals surface area contributed by atoms with E-state index in [1.165, 1.54) is 22.7 Å². The first kappa shape index (κ1) is 24.3. The Morgan fingerprint density at radius 1 is 1.05 bits per heavy atom.